The lowest BCUT2D eigenvalue weighted by Crippen LogP contribution is -1.95. The van der Waals surface area contributed by atoms with Crippen LogP contribution in [0.2, 0.25) is 0 Å². The van der Waals surface area contributed by atoms with Crippen molar-refractivity contribution in [3.63, 3.8) is 0 Å². The van der Waals surface area contributed by atoms with Crippen LogP contribution >= 0.6 is 0 Å². The molecule has 0 amide bonds. The van der Waals surface area contributed by atoms with Gasteiger partial charge in [0.1, 0.15) is 0 Å². The molecule has 0 aromatic carbocycles. The van der Waals surface area contributed by atoms with Crippen molar-refractivity contribution in [2.24, 2.45) is 11.8 Å². The lowest BCUT2D eigenvalue weighted by molar-refractivity contribution is 0.438. The van der Waals surface area contributed by atoms with E-state index >= 15 is 0 Å². The van der Waals surface area contributed by atoms with Crippen LogP contribution in [0.4, 0.5) is 0 Å². The van der Waals surface area contributed by atoms with E-state index in [0.29, 0.717) is 0 Å². The first kappa shape index (κ1) is 10.1. The Labute approximate surface area is 77.7 Å². The highest BCUT2D eigenvalue weighted by Gasteiger charge is 2.21. The zero-order valence-electron chi connectivity index (χ0n) is 8.81. The van der Waals surface area contributed by atoms with Gasteiger partial charge in [0.05, 0.1) is 0 Å². The third kappa shape index (κ3) is 4.79. The number of unbranched alkanes of at least 4 members (excludes halogenated alkanes) is 2. The third-order valence-corrected chi connectivity index (χ3v) is 3.07. The van der Waals surface area contributed by atoms with E-state index in [9.17, 15) is 0 Å². The summed E-state index contributed by atoms with van der Waals surface area (Å²) in [4.78, 5) is 0. The minimum absolute atomic E-state index is 0.997. The smallest absolute Gasteiger partial charge is 0.0414 e. The van der Waals surface area contributed by atoms with Gasteiger partial charge in [-0.1, -0.05) is 65.2 Å². The van der Waals surface area contributed by atoms with Crippen molar-refractivity contribution >= 4 is 0 Å². The van der Waals surface area contributed by atoms with E-state index in [1.807, 2.05) is 0 Å². The molecule has 1 fully saturated rings. The first-order chi connectivity index (χ1) is 5.83. The van der Waals surface area contributed by atoms with Gasteiger partial charge in [0.25, 0.3) is 0 Å². The molecule has 0 heteroatoms. The Morgan fingerprint density at radius 1 is 1.17 bits per heavy atom. The van der Waals surface area contributed by atoms with Crippen LogP contribution in [0, 0.1) is 11.8 Å². The predicted octanol–water partition coefficient (Wildman–Crippen LogP) is 4.39. The van der Waals surface area contributed by atoms with Crippen LogP contribution in [0.15, 0.2) is 0 Å². The molecule has 1 rings (SSSR count). The Morgan fingerprint density at radius 3 is 2.50 bits per heavy atom. The maximum atomic E-state index is 2.43. The van der Waals surface area contributed by atoms with Crippen LogP contribution in [0.25, 0.3) is 0 Å². The summed E-state index contributed by atoms with van der Waals surface area (Å²) < 4.78 is 0. The van der Waals surface area contributed by atoms with Crippen molar-refractivity contribution < 1.29 is 0 Å². The van der Waals surface area contributed by atoms with E-state index in [2.05, 4.69) is 13.8 Å². The minimum Gasteiger partial charge on any atom is -0.0654 e. The van der Waals surface area contributed by atoms with Crippen LogP contribution in [0.3, 0.4) is 0 Å². The fraction of sp³-hybridized carbons (Fsp3) is 1.00. The Bertz CT molecular complexity index is 103. The molecular weight excluding hydrogens is 144 g/mol. The quantitative estimate of drug-likeness (QED) is 0.494. The molecule has 0 spiro atoms. The molecule has 72 valence electrons. The van der Waals surface area contributed by atoms with Gasteiger partial charge in [0.15, 0.2) is 0 Å². The normalized spacial score (nSPS) is 19.5. The Balaban J connectivity index is 1.84. The molecule has 1 unspecified atom stereocenters. The lowest BCUT2D eigenvalue weighted by atomic mass is 9.97. The van der Waals surface area contributed by atoms with Crippen molar-refractivity contribution in [2.45, 2.75) is 65.2 Å². The maximum absolute atomic E-state index is 2.43. The molecule has 0 radical (unpaired) electrons. The molecule has 0 aromatic heterocycles. The molecule has 0 aromatic rings. The SMILES string of the molecule is CCCCCC(C)CCC1CC1. The van der Waals surface area contributed by atoms with Gasteiger partial charge in [0.2, 0.25) is 0 Å². The molecule has 1 aliphatic carbocycles. The lowest BCUT2D eigenvalue weighted by Gasteiger charge is -2.09. The summed E-state index contributed by atoms with van der Waals surface area (Å²) in [6, 6.07) is 0. The summed E-state index contributed by atoms with van der Waals surface area (Å²) in [5.74, 6) is 2.13. The van der Waals surface area contributed by atoms with Crippen LogP contribution in [-0.2, 0) is 0 Å². The molecule has 1 atom stereocenters. The van der Waals surface area contributed by atoms with Crippen molar-refractivity contribution in [2.75, 3.05) is 0 Å². The van der Waals surface area contributed by atoms with E-state index in [1.54, 1.807) is 0 Å². The summed E-state index contributed by atoms with van der Waals surface area (Å²) in [5, 5.41) is 0. The largest absolute Gasteiger partial charge is 0.0654 e. The van der Waals surface area contributed by atoms with Crippen molar-refractivity contribution in [3.05, 3.63) is 0 Å². The molecule has 0 heterocycles. The average molecular weight is 168 g/mol. The van der Waals surface area contributed by atoms with Gasteiger partial charge in [0, 0.05) is 0 Å². The molecule has 1 saturated carbocycles. The van der Waals surface area contributed by atoms with Gasteiger partial charge in [-0.3, -0.25) is 0 Å². The van der Waals surface area contributed by atoms with E-state index in [0.717, 1.165) is 11.8 Å². The Hall–Kier alpha value is 0. The zero-order chi connectivity index (χ0) is 8.81. The van der Waals surface area contributed by atoms with Gasteiger partial charge < -0.3 is 0 Å². The molecule has 0 nitrogen and oxygen atoms in total. The highest BCUT2D eigenvalue weighted by atomic mass is 14.3. The number of hydrogen-bond donors (Lipinski definition) is 0. The van der Waals surface area contributed by atoms with Crippen LogP contribution in [0.5, 0.6) is 0 Å². The van der Waals surface area contributed by atoms with Crippen LogP contribution in [0.1, 0.15) is 65.2 Å². The summed E-state index contributed by atoms with van der Waals surface area (Å²) in [6.07, 6.45) is 11.8. The molecule has 0 bridgehead atoms. The third-order valence-electron chi connectivity index (χ3n) is 3.07. The molecule has 0 N–H and O–H groups in total. The summed E-state index contributed by atoms with van der Waals surface area (Å²) >= 11 is 0. The summed E-state index contributed by atoms with van der Waals surface area (Å²) in [7, 11) is 0. The van der Waals surface area contributed by atoms with E-state index in [-0.39, 0.29) is 0 Å². The monoisotopic (exact) mass is 168 g/mol. The maximum Gasteiger partial charge on any atom is -0.0414 e. The molecular formula is C12H24. The zero-order valence-corrected chi connectivity index (χ0v) is 8.81. The first-order valence-corrected chi connectivity index (χ1v) is 5.83. The minimum atomic E-state index is 0.997. The molecule has 0 aliphatic heterocycles. The highest BCUT2D eigenvalue weighted by Crippen LogP contribution is 2.35. The predicted molar refractivity (Wildman–Crippen MR) is 55.3 cm³/mol. The van der Waals surface area contributed by atoms with Gasteiger partial charge in [-0.05, 0) is 11.8 Å². The van der Waals surface area contributed by atoms with E-state index in [4.69, 9.17) is 0 Å². The topological polar surface area (TPSA) is 0 Å². The molecule has 12 heavy (non-hydrogen) atoms. The van der Waals surface area contributed by atoms with Crippen molar-refractivity contribution in [1.82, 2.24) is 0 Å². The second kappa shape index (κ2) is 5.61. The number of rotatable bonds is 7. The van der Waals surface area contributed by atoms with E-state index < -0.39 is 0 Å². The van der Waals surface area contributed by atoms with Gasteiger partial charge in [-0.2, -0.15) is 0 Å². The Kier molecular flexibility index (Phi) is 4.72. The average Bonchev–Trinajstić information content (AvgIpc) is 2.84. The van der Waals surface area contributed by atoms with Gasteiger partial charge in [-0.25, -0.2) is 0 Å². The summed E-state index contributed by atoms with van der Waals surface area (Å²) in [5.41, 5.74) is 0. The van der Waals surface area contributed by atoms with Crippen molar-refractivity contribution in [1.29, 1.82) is 0 Å². The van der Waals surface area contributed by atoms with Crippen LogP contribution in [-0.4, -0.2) is 0 Å². The van der Waals surface area contributed by atoms with Gasteiger partial charge >= 0.3 is 0 Å². The van der Waals surface area contributed by atoms with Crippen molar-refractivity contribution in [3.8, 4) is 0 Å². The standard InChI is InChI=1S/C12H24/c1-3-4-5-6-11(2)7-8-12-9-10-12/h11-12H,3-10H2,1-2H3. The van der Waals surface area contributed by atoms with Gasteiger partial charge in [-0.15, -0.1) is 0 Å². The fourth-order valence-corrected chi connectivity index (χ4v) is 1.81. The second-order valence-corrected chi connectivity index (χ2v) is 4.62. The first-order valence-electron chi connectivity index (χ1n) is 5.83. The fourth-order valence-electron chi connectivity index (χ4n) is 1.81. The van der Waals surface area contributed by atoms with Crippen LogP contribution < -0.4 is 0 Å². The summed E-state index contributed by atoms with van der Waals surface area (Å²) in [6.45, 7) is 4.72. The van der Waals surface area contributed by atoms with E-state index in [1.165, 1.54) is 51.4 Å². The number of hydrogen-bond acceptors (Lipinski definition) is 0. The molecule has 0 saturated heterocycles. The second-order valence-electron chi connectivity index (χ2n) is 4.62. The molecule has 1 aliphatic rings. The highest BCUT2D eigenvalue weighted by molar-refractivity contribution is 4.73. The Morgan fingerprint density at radius 2 is 1.92 bits per heavy atom.